The highest BCUT2D eigenvalue weighted by Crippen LogP contribution is 2.08. The van der Waals surface area contributed by atoms with Gasteiger partial charge in [-0.25, -0.2) is 18.4 Å². The van der Waals surface area contributed by atoms with Gasteiger partial charge in [-0.2, -0.15) is 8.82 Å². The van der Waals surface area contributed by atoms with Gasteiger partial charge in [-0.3, -0.25) is 9.89 Å². The topological polar surface area (TPSA) is 100 Å². The number of nitrogens with zero attached hydrogens (tertiary/aromatic N) is 4. The van der Waals surface area contributed by atoms with E-state index in [1.54, 1.807) is 0 Å². The molecule has 0 fully saturated rings. The number of nitrogens with one attached hydrogen (secondary N) is 1. The quantitative estimate of drug-likeness (QED) is 0.721. The molecule has 0 saturated carbocycles. The van der Waals surface area contributed by atoms with Crippen LogP contribution >= 0.6 is 0 Å². The molecule has 2 rings (SSSR count). The summed E-state index contributed by atoms with van der Waals surface area (Å²) in [6.07, 6.45) is 4.28. The second-order valence-electron chi connectivity index (χ2n) is 4.26. The molecule has 0 aliphatic rings. The lowest BCUT2D eigenvalue weighted by Gasteiger charge is -2.18. The second kappa shape index (κ2) is 6.02. The van der Waals surface area contributed by atoms with Crippen molar-refractivity contribution in [2.75, 3.05) is 13.1 Å². The standard InChI is InChI=1S/C12H15N5O3S/c1-3-5-16(6-4-2)21(19,20)8-10-7-11(18)17-12(15-10)13-9-14-17/h3-4,7,9H,1-2,5-6,8H2,(H,13,14,15). The van der Waals surface area contributed by atoms with Gasteiger partial charge in [0.05, 0.1) is 5.69 Å². The molecule has 0 aliphatic carbocycles. The van der Waals surface area contributed by atoms with Crippen molar-refractivity contribution in [3.8, 4) is 0 Å². The van der Waals surface area contributed by atoms with Gasteiger partial charge in [0.1, 0.15) is 12.1 Å². The Morgan fingerprint density at radius 2 is 2.00 bits per heavy atom. The highest BCUT2D eigenvalue weighted by atomic mass is 32.2. The third-order valence-corrected chi connectivity index (χ3v) is 4.46. The van der Waals surface area contributed by atoms with Gasteiger partial charge in [-0.05, 0) is 0 Å². The fourth-order valence-corrected chi connectivity index (χ4v) is 3.18. The summed E-state index contributed by atoms with van der Waals surface area (Å²) in [5.74, 6) is -0.250. The van der Waals surface area contributed by atoms with Crippen LogP contribution in [-0.4, -0.2) is 45.4 Å². The number of H-pyrrole nitrogens is 1. The van der Waals surface area contributed by atoms with E-state index in [2.05, 4.69) is 28.2 Å². The van der Waals surface area contributed by atoms with E-state index in [1.807, 2.05) is 0 Å². The van der Waals surface area contributed by atoms with E-state index in [-0.39, 0.29) is 30.3 Å². The Hall–Kier alpha value is -2.26. The number of hydrogen-bond donors (Lipinski definition) is 1. The van der Waals surface area contributed by atoms with Gasteiger partial charge < -0.3 is 0 Å². The van der Waals surface area contributed by atoms with Gasteiger partial charge in [-0.1, -0.05) is 12.2 Å². The van der Waals surface area contributed by atoms with Crippen LogP contribution in [0.4, 0.5) is 0 Å². The van der Waals surface area contributed by atoms with Gasteiger partial charge in [-0.15, -0.1) is 13.2 Å². The zero-order chi connectivity index (χ0) is 15.5. The van der Waals surface area contributed by atoms with E-state index >= 15 is 0 Å². The molecule has 0 aliphatic heterocycles. The molecular formula is C12H15N5O3S. The Kier molecular flexibility index (Phi) is 4.34. The first-order chi connectivity index (χ1) is 9.97. The number of aromatic amines is 1. The minimum absolute atomic E-state index is 0.131. The molecule has 9 heteroatoms. The zero-order valence-electron chi connectivity index (χ0n) is 11.3. The fraction of sp³-hybridized carbons (Fsp3) is 0.250. The molecule has 0 bridgehead atoms. The summed E-state index contributed by atoms with van der Waals surface area (Å²) in [5.41, 5.74) is -0.271. The third-order valence-electron chi connectivity index (χ3n) is 2.71. The van der Waals surface area contributed by atoms with Crippen molar-refractivity contribution in [1.29, 1.82) is 0 Å². The molecule has 1 N–H and O–H groups in total. The van der Waals surface area contributed by atoms with Crippen LogP contribution in [0.25, 0.3) is 5.78 Å². The highest BCUT2D eigenvalue weighted by Gasteiger charge is 2.21. The Balaban J connectivity index is 2.34. The van der Waals surface area contributed by atoms with E-state index in [0.717, 1.165) is 4.52 Å². The molecule has 0 saturated heterocycles. The number of fused-ring (bicyclic) bond motifs is 1. The smallest absolute Gasteiger partial charge is 0.274 e. The number of sulfonamides is 1. The largest absolute Gasteiger partial charge is 0.278 e. The first-order valence-electron chi connectivity index (χ1n) is 6.09. The van der Waals surface area contributed by atoms with Gasteiger partial charge in [0.15, 0.2) is 0 Å². The van der Waals surface area contributed by atoms with E-state index in [4.69, 9.17) is 0 Å². The van der Waals surface area contributed by atoms with Crippen molar-refractivity contribution >= 4 is 15.8 Å². The van der Waals surface area contributed by atoms with Crippen molar-refractivity contribution in [1.82, 2.24) is 23.9 Å². The monoisotopic (exact) mass is 309 g/mol. The summed E-state index contributed by atoms with van der Waals surface area (Å²) in [4.78, 5) is 19.7. The summed E-state index contributed by atoms with van der Waals surface area (Å²) in [6.45, 7) is 7.39. The second-order valence-corrected chi connectivity index (χ2v) is 6.23. The van der Waals surface area contributed by atoms with Crippen molar-refractivity contribution < 1.29 is 8.42 Å². The van der Waals surface area contributed by atoms with Crippen LogP contribution in [0.5, 0.6) is 0 Å². The Labute approximate surface area is 121 Å². The van der Waals surface area contributed by atoms with Crippen molar-refractivity contribution in [2.24, 2.45) is 0 Å². The van der Waals surface area contributed by atoms with Gasteiger partial charge >= 0.3 is 0 Å². The average molecular weight is 309 g/mol. The lowest BCUT2D eigenvalue weighted by molar-refractivity contribution is 0.473. The average Bonchev–Trinajstić information content (AvgIpc) is 2.86. The molecule has 0 spiro atoms. The van der Waals surface area contributed by atoms with Gasteiger partial charge in [0, 0.05) is 19.2 Å². The molecule has 0 radical (unpaired) electrons. The maximum Gasteiger partial charge on any atom is 0.274 e. The minimum atomic E-state index is -3.63. The summed E-state index contributed by atoms with van der Waals surface area (Å²) in [6, 6.07) is 1.17. The van der Waals surface area contributed by atoms with Gasteiger partial charge in [0.2, 0.25) is 10.0 Å². The first-order valence-corrected chi connectivity index (χ1v) is 7.70. The normalized spacial score (nSPS) is 11.9. The maximum atomic E-state index is 12.3. The molecule has 8 nitrogen and oxygen atoms in total. The van der Waals surface area contributed by atoms with E-state index < -0.39 is 15.6 Å². The third kappa shape index (κ3) is 3.26. The molecule has 21 heavy (non-hydrogen) atoms. The minimum Gasteiger partial charge on any atom is -0.278 e. The zero-order valence-corrected chi connectivity index (χ0v) is 12.1. The molecule has 2 aromatic rings. The molecule has 2 aromatic heterocycles. The predicted molar refractivity (Wildman–Crippen MR) is 78.2 cm³/mol. The van der Waals surface area contributed by atoms with Crippen LogP contribution < -0.4 is 5.56 Å². The fourth-order valence-electron chi connectivity index (χ4n) is 1.81. The number of hydrogen-bond acceptors (Lipinski definition) is 5. The van der Waals surface area contributed by atoms with Crippen LogP contribution in [0.2, 0.25) is 0 Å². The Morgan fingerprint density at radius 1 is 1.33 bits per heavy atom. The van der Waals surface area contributed by atoms with E-state index in [1.165, 1.54) is 28.9 Å². The summed E-state index contributed by atoms with van der Waals surface area (Å²) >= 11 is 0. The van der Waals surface area contributed by atoms with Crippen molar-refractivity contribution in [3.63, 3.8) is 0 Å². The lowest BCUT2D eigenvalue weighted by atomic mass is 10.4. The molecule has 2 heterocycles. The predicted octanol–water partition coefficient (Wildman–Crippen LogP) is -0.0786. The Bertz CT molecular complexity index is 811. The van der Waals surface area contributed by atoms with Crippen LogP contribution in [-0.2, 0) is 15.8 Å². The molecule has 0 amide bonds. The molecule has 0 aromatic carbocycles. The van der Waals surface area contributed by atoms with Crippen LogP contribution in [0.15, 0.2) is 42.5 Å². The molecule has 0 atom stereocenters. The Morgan fingerprint density at radius 3 is 2.62 bits per heavy atom. The highest BCUT2D eigenvalue weighted by molar-refractivity contribution is 7.88. The van der Waals surface area contributed by atoms with Crippen molar-refractivity contribution in [2.45, 2.75) is 5.75 Å². The summed E-state index contributed by atoms with van der Waals surface area (Å²) < 4.78 is 27.0. The first kappa shape index (κ1) is 15.1. The summed E-state index contributed by atoms with van der Waals surface area (Å²) in [5, 5.41) is 2.59. The number of aromatic nitrogens is 4. The maximum absolute atomic E-state index is 12.3. The summed E-state index contributed by atoms with van der Waals surface area (Å²) in [7, 11) is -3.63. The molecular weight excluding hydrogens is 294 g/mol. The van der Waals surface area contributed by atoms with Crippen LogP contribution in [0.1, 0.15) is 5.69 Å². The van der Waals surface area contributed by atoms with Crippen molar-refractivity contribution in [3.05, 3.63) is 53.8 Å². The molecule has 112 valence electrons. The van der Waals surface area contributed by atoms with E-state index in [0.29, 0.717) is 0 Å². The SMILES string of the molecule is C=CCN(CC=C)S(=O)(=O)Cc1cc(=O)n2[nH]cnc2n1. The van der Waals surface area contributed by atoms with Gasteiger partial charge in [0.25, 0.3) is 11.3 Å². The van der Waals surface area contributed by atoms with E-state index in [9.17, 15) is 13.2 Å². The lowest BCUT2D eigenvalue weighted by Crippen LogP contribution is -2.33. The molecule has 0 unspecified atom stereocenters. The van der Waals surface area contributed by atoms with Crippen LogP contribution in [0, 0.1) is 0 Å². The number of rotatable bonds is 7. The van der Waals surface area contributed by atoms with Crippen LogP contribution in [0.3, 0.4) is 0 Å².